The first-order chi connectivity index (χ1) is 12.4. The summed E-state index contributed by atoms with van der Waals surface area (Å²) in [5, 5.41) is 4.24. The van der Waals surface area contributed by atoms with Gasteiger partial charge >= 0.3 is 0 Å². The Bertz CT molecular complexity index is 882. The van der Waals surface area contributed by atoms with Crippen molar-refractivity contribution in [1.82, 2.24) is 14.2 Å². The van der Waals surface area contributed by atoms with E-state index in [-0.39, 0.29) is 18.1 Å². The highest BCUT2D eigenvalue weighted by Crippen LogP contribution is 2.37. The maximum atomic E-state index is 13.4. The summed E-state index contributed by atoms with van der Waals surface area (Å²) >= 11 is 1.69. The van der Waals surface area contributed by atoms with Crippen molar-refractivity contribution in [2.24, 2.45) is 0 Å². The van der Waals surface area contributed by atoms with Crippen molar-refractivity contribution in [1.29, 1.82) is 0 Å². The van der Waals surface area contributed by atoms with Crippen molar-refractivity contribution >= 4 is 27.2 Å². The second kappa shape index (κ2) is 6.60. The summed E-state index contributed by atoms with van der Waals surface area (Å²) in [4.78, 5) is 9.15. The van der Waals surface area contributed by atoms with Crippen molar-refractivity contribution in [3.63, 3.8) is 0 Å². The van der Waals surface area contributed by atoms with Crippen molar-refractivity contribution in [2.45, 2.75) is 43.4 Å². The van der Waals surface area contributed by atoms with Crippen LogP contribution >= 0.6 is 11.3 Å². The third-order valence-corrected chi connectivity index (χ3v) is 8.15. The van der Waals surface area contributed by atoms with Gasteiger partial charge in [0.2, 0.25) is 10.0 Å². The van der Waals surface area contributed by atoms with Crippen LogP contribution < -0.4 is 4.90 Å². The summed E-state index contributed by atoms with van der Waals surface area (Å²) in [5.74, 6) is 0.558. The number of thiophene rings is 1. The molecule has 0 aliphatic carbocycles. The van der Waals surface area contributed by atoms with Crippen LogP contribution in [0.5, 0.6) is 0 Å². The van der Waals surface area contributed by atoms with Gasteiger partial charge in [0, 0.05) is 38.9 Å². The zero-order valence-electron chi connectivity index (χ0n) is 15.2. The lowest BCUT2D eigenvalue weighted by molar-refractivity contribution is 0.249. The molecule has 2 aromatic heterocycles. The normalized spacial score (nSPS) is 25.9. The molecule has 0 N–H and O–H groups in total. The molecule has 1 fully saturated rings. The molecule has 26 heavy (non-hydrogen) atoms. The van der Waals surface area contributed by atoms with Crippen LogP contribution in [0.3, 0.4) is 0 Å². The average molecular weight is 393 g/mol. The number of sulfonamides is 1. The van der Waals surface area contributed by atoms with Crippen molar-refractivity contribution < 1.29 is 8.42 Å². The first-order valence-electron chi connectivity index (χ1n) is 8.84. The Balaban J connectivity index is 1.75. The van der Waals surface area contributed by atoms with Gasteiger partial charge in [0.05, 0.1) is 12.1 Å². The van der Waals surface area contributed by atoms with E-state index in [0.29, 0.717) is 10.7 Å². The third kappa shape index (κ3) is 2.85. The van der Waals surface area contributed by atoms with Crippen molar-refractivity contribution in [3.05, 3.63) is 40.7 Å². The van der Waals surface area contributed by atoms with E-state index in [2.05, 4.69) is 31.6 Å². The molecule has 0 saturated carbocycles. The van der Waals surface area contributed by atoms with E-state index < -0.39 is 10.0 Å². The lowest BCUT2D eigenvalue weighted by Crippen LogP contribution is -2.52. The zero-order valence-corrected chi connectivity index (χ0v) is 16.9. The van der Waals surface area contributed by atoms with Crippen LogP contribution in [0.25, 0.3) is 0 Å². The van der Waals surface area contributed by atoms with Gasteiger partial charge in [-0.25, -0.2) is 13.4 Å². The van der Waals surface area contributed by atoms with Gasteiger partial charge in [-0.1, -0.05) is 0 Å². The molecule has 2 aromatic rings. The van der Waals surface area contributed by atoms with Gasteiger partial charge in [-0.3, -0.25) is 4.90 Å². The summed E-state index contributed by atoms with van der Waals surface area (Å²) in [7, 11) is -1.62. The van der Waals surface area contributed by atoms with Crippen molar-refractivity contribution in [3.8, 4) is 0 Å². The minimum atomic E-state index is -3.59. The standard InChI is InChI=1S/C18H24N4O2S2/c1-13(2)22-16-11-21(9-14-6-8-25-12-14)10-15(16)20(3)18-17(26(22,23)24)5-4-7-19-18/h4-8,12-13,15-16H,9-11H2,1-3H3/t15-,16-/m0/s1. The molecule has 4 heterocycles. The number of pyridine rings is 1. The van der Waals surface area contributed by atoms with Crippen LogP contribution in [0.1, 0.15) is 19.4 Å². The lowest BCUT2D eigenvalue weighted by Gasteiger charge is -2.34. The highest BCUT2D eigenvalue weighted by atomic mass is 32.2. The highest BCUT2D eigenvalue weighted by Gasteiger charge is 2.49. The van der Waals surface area contributed by atoms with E-state index in [9.17, 15) is 8.42 Å². The summed E-state index contributed by atoms with van der Waals surface area (Å²) in [6, 6.07) is 5.41. The summed E-state index contributed by atoms with van der Waals surface area (Å²) in [5.41, 5.74) is 1.28. The van der Waals surface area contributed by atoms with Crippen LogP contribution in [0, 0.1) is 0 Å². The van der Waals surface area contributed by atoms with E-state index in [0.717, 1.165) is 19.6 Å². The Morgan fingerprint density at radius 3 is 2.73 bits per heavy atom. The fourth-order valence-corrected chi connectivity index (χ4v) is 6.89. The number of likely N-dealkylation sites (tertiary alicyclic amines) is 1. The molecular formula is C18H24N4O2S2. The Labute approximate surface area is 159 Å². The Kier molecular flexibility index (Phi) is 4.54. The second-order valence-corrected chi connectivity index (χ2v) is 9.92. The molecule has 0 unspecified atom stereocenters. The molecule has 140 valence electrons. The molecule has 8 heteroatoms. The highest BCUT2D eigenvalue weighted by molar-refractivity contribution is 7.89. The van der Waals surface area contributed by atoms with E-state index in [4.69, 9.17) is 0 Å². The number of hydrogen-bond acceptors (Lipinski definition) is 6. The van der Waals surface area contributed by atoms with Gasteiger partial charge in [0.25, 0.3) is 0 Å². The lowest BCUT2D eigenvalue weighted by atomic mass is 10.1. The number of rotatable bonds is 3. The molecule has 0 amide bonds. The molecule has 0 bridgehead atoms. The topological polar surface area (TPSA) is 56.8 Å². The Hall–Kier alpha value is -1.48. The Morgan fingerprint density at radius 1 is 1.27 bits per heavy atom. The second-order valence-electron chi connectivity index (χ2n) is 7.33. The molecule has 6 nitrogen and oxygen atoms in total. The molecule has 4 rings (SSSR count). The number of hydrogen-bond donors (Lipinski definition) is 0. The monoisotopic (exact) mass is 392 g/mol. The first-order valence-corrected chi connectivity index (χ1v) is 11.2. The number of likely N-dealkylation sites (N-methyl/N-ethyl adjacent to an activating group) is 1. The molecule has 1 saturated heterocycles. The van der Waals surface area contributed by atoms with E-state index in [1.807, 2.05) is 20.9 Å². The molecule has 2 aliphatic heterocycles. The molecular weight excluding hydrogens is 368 g/mol. The fourth-order valence-electron chi connectivity index (χ4n) is 4.21. The van der Waals surface area contributed by atoms with Crippen LogP contribution in [0.2, 0.25) is 0 Å². The smallest absolute Gasteiger partial charge is 0.247 e. The van der Waals surface area contributed by atoms with Gasteiger partial charge in [-0.05, 0) is 48.4 Å². The Morgan fingerprint density at radius 2 is 2.04 bits per heavy atom. The van der Waals surface area contributed by atoms with Crippen LogP contribution in [-0.4, -0.2) is 60.9 Å². The van der Waals surface area contributed by atoms with Crippen LogP contribution in [0.15, 0.2) is 40.1 Å². The van der Waals surface area contributed by atoms with Crippen LogP contribution in [0.4, 0.5) is 5.82 Å². The number of nitrogens with zero attached hydrogens (tertiary/aromatic N) is 4. The maximum Gasteiger partial charge on any atom is 0.247 e. The summed E-state index contributed by atoms with van der Waals surface area (Å²) in [6.45, 7) is 6.32. The van der Waals surface area contributed by atoms with Crippen LogP contribution in [-0.2, 0) is 16.6 Å². The van der Waals surface area contributed by atoms with Gasteiger partial charge < -0.3 is 4.90 Å². The van der Waals surface area contributed by atoms with E-state index in [1.54, 1.807) is 34.0 Å². The van der Waals surface area contributed by atoms with Crippen molar-refractivity contribution in [2.75, 3.05) is 25.0 Å². The fraction of sp³-hybridized carbons (Fsp3) is 0.500. The predicted octanol–water partition coefficient (Wildman–Crippen LogP) is 2.25. The molecule has 0 aromatic carbocycles. The largest absolute Gasteiger partial charge is 0.353 e. The van der Waals surface area contributed by atoms with Gasteiger partial charge in [0.1, 0.15) is 10.7 Å². The quantitative estimate of drug-likeness (QED) is 0.802. The third-order valence-electron chi connectivity index (χ3n) is 5.29. The SMILES string of the molecule is CC(C)N1[C@H]2CN(Cc3ccsc3)C[C@@H]2N(C)c2ncccc2S1(=O)=O. The number of fused-ring (bicyclic) bond motifs is 2. The van der Waals surface area contributed by atoms with Gasteiger partial charge in [0.15, 0.2) is 0 Å². The van der Waals surface area contributed by atoms with Gasteiger partial charge in [-0.2, -0.15) is 15.6 Å². The maximum absolute atomic E-state index is 13.4. The molecule has 2 atom stereocenters. The molecule has 0 radical (unpaired) electrons. The summed E-state index contributed by atoms with van der Waals surface area (Å²) < 4.78 is 28.5. The predicted molar refractivity (Wildman–Crippen MR) is 104 cm³/mol. The molecule has 2 aliphatic rings. The zero-order chi connectivity index (χ0) is 18.5. The first kappa shape index (κ1) is 17.9. The van der Waals surface area contributed by atoms with E-state index in [1.165, 1.54) is 5.56 Å². The minimum absolute atomic E-state index is 0.0851. The number of anilines is 1. The summed E-state index contributed by atoms with van der Waals surface area (Å²) in [6.07, 6.45) is 1.67. The van der Waals surface area contributed by atoms with E-state index >= 15 is 0 Å². The van der Waals surface area contributed by atoms with Gasteiger partial charge in [-0.15, -0.1) is 0 Å². The average Bonchev–Trinajstić information content (AvgIpc) is 3.23. The number of aromatic nitrogens is 1. The molecule has 0 spiro atoms. The minimum Gasteiger partial charge on any atom is -0.353 e.